The second kappa shape index (κ2) is 8.57. The van der Waals surface area contributed by atoms with Gasteiger partial charge in [0.05, 0.1) is 24.2 Å². The van der Waals surface area contributed by atoms with E-state index in [-0.39, 0.29) is 18.7 Å². The summed E-state index contributed by atoms with van der Waals surface area (Å²) in [7, 11) is 0. The zero-order valence-corrected chi connectivity index (χ0v) is 16.5. The van der Waals surface area contributed by atoms with E-state index in [0.29, 0.717) is 32.0 Å². The lowest BCUT2D eigenvalue weighted by atomic mass is 10.1. The van der Waals surface area contributed by atoms with Crippen LogP contribution in [-0.2, 0) is 17.9 Å². The number of carbonyl (C=O) groups is 1. The van der Waals surface area contributed by atoms with Gasteiger partial charge < -0.3 is 29.0 Å². The molecule has 29 heavy (non-hydrogen) atoms. The second-order valence-electron chi connectivity index (χ2n) is 7.14. The minimum atomic E-state index is -0.240. The van der Waals surface area contributed by atoms with Crippen molar-refractivity contribution in [3.8, 4) is 0 Å². The molecule has 2 aromatic heterocycles. The number of hydrogen-bond acceptors (Lipinski definition) is 6. The van der Waals surface area contributed by atoms with Crippen LogP contribution in [0.25, 0.3) is 11.0 Å². The van der Waals surface area contributed by atoms with Crippen LogP contribution in [0.2, 0.25) is 0 Å². The lowest BCUT2D eigenvalue weighted by Gasteiger charge is -2.31. The lowest BCUT2D eigenvalue weighted by molar-refractivity contribution is 0.0983. The maximum atomic E-state index is 11.9. The minimum Gasteiger partial charge on any atom is -0.462 e. The van der Waals surface area contributed by atoms with Gasteiger partial charge in [-0.15, -0.1) is 0 Å². The molecule has 0 unspecified atom stereocenters. The van der Waals surface area contributed by atoms with Gasteiger partial charge in [0.1, 0.15) is 18.1 Å². The second-order valence-corrected chi connectivity index (χ2v) is 7.14. The number of anilines is 1. The Morgan fingerprint density at radius 3 is 2.72 bits per heavy atom. The molecule has 3 aromatic rings. The molecule has 1 saturated heterocycles. The molecular formula is C21H26N4O4. The minimum absolute atomic E-state index is 0.116. The first-order valence-electron chi connectivity index (χ1n) is 10.00. The predicted octanol–water partition coefficient (Wildman–Crippen LogP) is 3.20. The van der Waals surface area contributed by atoms with Crippen molar-refractivity contribution in [1.29, 1.82) is 0 Å². The normalized spacial score (nSPS) is 15.0. The average molecular weight is 398 g/mol. The predicted molar refractivity (Wildman–Crippen MR) is 109 cm³/mol. The van der Waals surface area contributed by atoms with Gasteiger partial charge in [0.25, 0.3) is 0 Å². The van der Waals surface area contributed by atoms with Crippen LogP contribution >= 0.6 is 0 Å². The van der Waals surface area contributed by atoms with E-state index in [9.17, 15) is 9.90 Å². The molecule has 0 bridgehead atoms. The molecule has 0 saturated carbocycles. The lowest BCUT2D eigenvalue weighted by Crippen LogP contribution is -2.42. The number of rotatable bonds is 6. The molecular weight excluding hydrogens is 372 g/mol. The number of likely N-dealkylation sites (tertiary alicyclic amines) is 1. The maximum absolute atomic E-state index is 11.9. The van der Waals surface area contributed by atoms with Crippen LogP contribution in [0.1, 0.15) is 31.3 Å². The molecule has 8 nitrogen and oxygen atoms in total. The molecule has 1 amide bonds. The number of nitrogens with zero attached hydrogens (tertiary/aromatic N) is 3. The zero-order chi connectivity index (χ0) is 20.2. The number of furan rings is 1. The molecule has 8 heteroatoms. The van der Waals surface area contributed by atoms with E-state index >= 15 is 0 Å². The fourth-order valence-corrected chi connectivity index (χ4v) is 3.70. The molecule has 1 aliphatic rings. The third kappa shape index (κ3) is 4.22. The molecule has 0 atom stereocenters. The van der Waals surface area contributed by atoms with E-state index in [1.807, 2.05) is 37.3 Å². The molecule has 1 fully saturated rings. The highest BCUT2D eigenvalue weighted by Gasteiger charge is 2.25. The number of amides is 1. The number of benzene rings is 1. The van der Waals surface area contributed by atoms with Gasteiger partial charge in [-0.3, -0.25) is 0 Å². The highest BCUT2D eigenvalue weighted by atomic mass is 16.6. The Morgan fingerprint density at radius 1 is 1.24 bits per heavy atom. The van der Waals surface area contributed by atoms with Crippen molar-refractivity contribution < 1.29 is 19.1 Å². The van der Waals surface area contributed by atoms with E-state index in [1.54, 1.807) is 11.0 Å². The summed E-state index contributed by atoms with van der Waals surface area (Å²) in [6.07, 6.45) is 1.42. The standard InChI is InChI=1S/C21H26N4O4/c1-2-28-21(27)24-11-9-15(10-12-24)22-20-23-18-5-3-4-6-19(18)25(20)13-16-7-8-17(14-26)29-16/h3-8,15,26H,2,9-14H2,1H3,(H,22,23). The maximum Gasteiger partial charge on any atom is 0.409 e. The quantitative estimate of drug-likeness (QED) is 0.662. The van der Waals surface area contributed by atoms with Crippen molar-refractivity contribution in [1.82, 2.24) is 14.5 Å². The Kier molecular flexibility index (Phi) is 5.71. The fourth-order valence-electron chi connectivity index (χ4n) is 3.70. The Bertz CT molecular complexity index is 972. The number of para-hydroxylation sites is 2. The number of imidazole rings is 1. The molecule has 1 aromatic carbocycles. The van der Waals surface area contributed by atoms with Crippen molar-refractivity contribution in [2.45, 2.75) is 39.0 Å². The summed E-state index contributed by atoms with van der Waals surface area (Å²) in [5.41, 5.74) is 1.92. The van der Waals surface area contributed by atoms with Gasteiger partial charge in [0, 0.05) is 19.1 Å². The molecule has 0 aliphatic carbocycles. The highest BCUT2D eigenvalue weighted by molar-refractivity contribution is 5.78. The molecule has 1 aliphatic heterocycles. The number of aliphatic hydroxyl groups is 1. The topological polar surface area (TPSA) is 92.8 Å². The van der Waals surface area contributed by atoms with Crippen molar-refractivity contribution in [3.63, 3.8) is 0 Å². The van der Waals surface area contributed by atoms with Crippen molar-refractivity contribution in [2.75, 3.05) is 25.0 Å². The highest BCUT2D eigenvalue weighted by Crippen LogP contribution is 2.24. The van der Waals surface area contributed by atoms with Gasteiger partial charge in [-0.2, -0.15) is 0 Å². The van der Waals surface area contributed by atoms with Gasteiger partial charge in [-0.1, -0.05) is 12.1 Å². The van der Waals surface area contributed by atoms with E-state index in [2.05, 4.69) is 9.88 Å². The van der Waals surface area contributed by atoms with Gasteiger partial charge in [0.15, 0.2) is 0 Å². The number of hydrogen-bond donors (Lipinski definition) is 2. The fraction of sp³-hybridized carbons (Fsp3) is 0.429. The largest absolute Gasteiger partial charge is 0.462 e. The summed E-state index contributed by atoms with van der Waals surface area (Å²) in [5, 5.41) is 12.8. The summed E-state index contributed by atoms with van der Waals surface area (Å²) in [5.74, 6) is 2.09. The first kappa shape index (κ1) is 19.3. The van der Waals surface area contributed by atoms with Gasteiger partial charge in [-0.05, 0) is 44.0 Å². The smallest absolute Gasteiger partial charge is 0.409 e. The number of ether oxygens (including phenoxy) is 1. The van der Waals surface area contributed by atoms with Crippen LogP contribution in [0.3, 0.4) is 0 Å². The summed E-state index contributed by atoms with van der Waals surface area (Å²) < 4.78 is 12.9. The number of aliphatic hydroxyl groups excluding tert-OH is 1. The third-order valence-electron chi connectivity index (χ3n) is 5.20. The Balaban J connectivity index is 1.51. The molecule has 154 valence electrons. The average Bonchev–Trinajstić information content (AvgIpc) is 3.34. The van der Waals surface area contributed by atoms with E-state index < -0.39 is 0 Å². The third-order valence-corrected chi connectivity index (χ3v) is 5.20. The van der Waals surface area contributed by atoms with Crippen molar-refractivity contribution in [3.05, 3.63) is 47.9 Å². The first-order valence-corrected chi connectivity index (χ1v) is 10.00. The number of aromatic nitrogens is 2. The Morgan fingerprint density at radius 2 is 2.00 bits per heavy atom. The van der Waals surface area contributed by atoms with Crippen molar-refractivity contribution >= 4 is 23.1 Å². The van der Waals surface area contributed by atoms with Gasteiger partial charge in [0.2, 0.25) is 5.95 Å². The SMILES string of the molecule is CCOC(=O)N1CCC(Nc2nc3ccccc3n2Cc2ccc(CO)o2)CC1. The van der Waals surface area contributed by atoms with E-state index in [0.717, 1.165) is 35.6 Å². The number of piperidine rings is 1. The van der Waals surface area contributed by atoms with Crippen molar-refractivity contribution in [2.24, 2.45) is 0 Å². The van der Waals surface area contributed by atoms with E-state index in [4.69, 9.17) is 14.1 Å². The van der Waals surface area contributed by atoms with Crippen LogP contribution in [0, 0.1) is 0 Å². The monoisotopic (exact) mass is 398 g/mol. The summed E-state index contributed by atoms with van der Waals surface area (Å²) >= 11 is 0. The number of nitrogens with one attached hydrogen (secondary N) is 1. The van der Waals surface area contributed by atoms with Crippen LogP contribution in [0.4, 0.5) is 10.7 Å². The summed E-state index contributed by atoms with van der Waals surface area (Å²) in [6, 6.07) is 11.9. The first-order chi connectivity index (χ1) is 14.2. The summed E-state index contributed by atoms with van der Waals surface area (Å²) in [6.45, 7) is 3.94. The van der Waals surface area contributed by atoms with Gasteiger partial charge >= 0.3 is 6.09 Å². The van der Waals surface area contributed by atoms with Crippen LogP contribution in [-0.4, -0.2) is 51.4 Å². The Labute approximate surface area is 169 Å². The molecule has 3 heterocycles. The summed E-state index contributed by atoms with van der Waals surface area (Å²) in [4.78, 5) is 18.4. The molecule has 0 spiro atoms. The van der Waals surface area contributed by atoms with E-state index in [1.165, 1.54) is 0 Å². The molecule has 4 rings (SSSR count). The van der Waals surface area contributed by atoms with Crippen LogP contribution < -0.4 is 5.32 Å². The number of carbonyl (C=O) groups excluding carboxylic acids is 1. The molecule has 2 N–H and O–H groups in total. The van der Waals surface area contributed by atoms with Crippen LogP contribution in [0.5, 0.6) is 0 Å². The molecule has 0 radical (unpaired) electrons. The van der Waals surface area contributed by atoms with Crippen LogP contribution in [0.15, 0.2) is 40.8 Å². The van der Waals surface area contributed by atoms with Gasteiger partial charge in [-0.25, -0.2) is 9.78 Å². The zero-order valence-electron chi connectivity index (χ0n) is 16.5. The number of fused-ring (bicyclic) bond motifs is 1. The Hall–Kier alpha value is -3.00.